The molecule has 3 aromatic rings. The van der Waals surface area contributed by atoms with E-state index in [2.05, 4.69) is 80.1 Å². The fourth-order valence-electron chi connectivity index (χ4n) is 4.39. The molecule has 1 heterocycles. The van der Waals surface area contributed by atoms with Crippen molar-refractivity contribution in [2.75, 3.05) is 19.4 Å². The van der Waals surface area contributed by atoms with Gasteiger partial charge in [0.05, 0.1) is 12.0 Å². The summed E-state index contributed by atoms with van der Waals surface area (Å²) < 4.78 is 7.92. The fraction of sp³-hybridized carbons (Fsp3) is 0.222. The lowest BCUT2D eigenvalue weighted by Crippen LogP contribution is -2.27. The molecular formula is C27H29N2O+. The summed E-state index contributed by atoms with van der Waals surface area (Å²) in [5, 5.41) is 0. The van der Waals surface area contributed by atoms with E-state index in [4.69, 9.17) is 10.5 Å². The van der Waals surface area contributed by atoms with E-state index in [0.717, 1.165) is 17.0 Å². The molecule has 0 atom stereocenters. The van der Waals surface area contributed by atoms with Crippen LogP contribution in [0.25, 0.3) is 17.2 Å². The summed E-state index contributed by atoms with van der Waals surface area (Å²) in [4.78, 5) is 0. The first-order valence-corrected chi connectivity index (χ1v) is 10.4. The van der Waals surface area contributed by atoms with E-state index >= 15 is 0 Å². The average molecular weight is 398 g/mol. The maximum atomic E-state index is 5.82. The minimum absolute atomic E-state index is 0.121. The van der Waals surface area contributed by atoms with Crippen LogP contribution in [0.1, 0.15) is 31.9 Å². The predicted octanol–water partition coefficient (Wildman–Crippen LogP) is 6.05. The number of anilines is 1. The Labute approximate surface area is 179 Å². The third-order valence-electron chi connectivity index (χ3n) is 5.88. The first kappa shape index (κ1) is 20.0. The molecule has 0 spiro atoms. The van der Waals surface area contributed by atoms with Gasteiger partial charge in [-0.15, -0.1) is 0 Å². The Morgan fingerprint density at radius 1 is 0.933 bits per heavy atom. The fourth-order valence-corrected chi connectivity index (χ4v) is 4.39. The van der Waals surface area contributed by atoms with Crippen LogP contribution in [0.15, 0.2) is 72.8 Å². The van der Waals surface area contributed by atoms with Crippen LogP contribution >= 0.6 is 0 Å². The molecular weight excluding hydrogens is 368 g/mol. The summed E-state index contributed by atoms with van der Waals surface area (Å²) in [6, 6.07) is 22.9. The zero-order valence-electron chi connectivity index (χ0n) is 18.1. The van der Waals surface area contributed by atoms with Gasteiger partial charge in [-0.05, 0) is 67.8 Å². The first-order valence-electron chi connectivity index (χ1n) is 10.4. The SMILES string of the molecule is CCOc1ccc(-c2cccc3c2C(C)(C)C(C=Cc2ccc(N)cc2)=[N+]3C)cc1. The number of allylic oxidation sites excluding steroid dienone is 1. The van der Waals surface area contributed by atoms with Crippen LogP contribution in [0.2, 0.25) is 0 Å². The normalized spacial score (nSPS) is 14.9. The number of hydrogen-bond donors (Lipinski definition) is 1. The number of nitrogen functional groups attached to an aromatic ring is 1. The van der Waals surface area contributed by atoms with Gasteiger partial charge in [0.25, 0.3) is 0 Å². The Kier molecular flexibility index (Phi) is 5.21. The monoisotopic (exact) mass is 397 g/mol. The average Bonchev–Trinajstić information content (AvgIpc) is 2.94. The molecule has 30 heavy (non-hydrogen) atoms. The number of hydrogen-bond acceptors (Lipinski definition) is 2. The molecule has 0 saturated carbocycles. The van der Waals surface area contributed by atoms with Gasteiger partial charge in [0.2, 0.25) is 5.69 Å². The highest BCUT2D eigenvalue weighted by Crippen LogP contribution is 2.45. The van der Waals surface area contributed by atoms with Gasteiger partial charge in [0, 0.05) is 23.4 Å². The Hall–Kier alpha value is -3.33. The van der Waals surface area contributed by atoms with Gasteiger partial charge in [-0.2, -0.15) is 4.58 Å². The minimum Gasteiger partial charge on any atom is -0.494 e. The van der Waals surface area contributed by atoms with Gasteiger partial charge < -0.3 is 10.5 Å². The number of ether oxygens (including phenoxy) is 1. The third kappa shape index (κ3) is 3.52. The van der Waals surface area contributed by atoms with Crippen LogP contribution in [-0.2, 0) is 5.41 Å². The highest BCUT2D eigenvalue weighted by molar-refractivity contribution is 6.06. The van der Waals surface area contributed by atoms with Crippen LogP contribution in [0.4, 0.5) is 11.4 Å². The van der Waals surface area contributed by atoms with Crippen LogP contribution in [0.5, 0.6) is 5.75 Å². The second kappa shape index (κ2) is 7.83. The summed E-state index contributed by atoms with van der Waals surface area (Å²) in [6.07, 6.45) is 4.39. The van der Waals surface area contributed by atoms with E-state index in [1.165, 1.54) is 28.1 Å². The molecule has 3 heteroatoms. The molecule has 2 N–H and O–H groups in total. The lowest BCUT2D eigenvalue weighted by Gasteiger charge is -2.19. The molecule has 0 aromatic heterocycles. The lowest BCUT2D eigenvalue weighted by atomic mass is 9.77. The first-order chi connectivity index (χ1) is 14.4. The van der Waals surface area contributed by atoms with Crippen molar-refractivity contribution in [3.8, 4) is 16.9 Å². The van der Waals surface area contributed by atoms with Gasteiger partial charge in [-0.1, -0.05) is 36.4 Å². The summed E-state index contributed by atoms with van der Waals surface area (Å²) in [5.74, 6) is 0.906. The number of nitrogens with zero attached hydrogens (tertiary/aromatic N) is 1. The van der Waals surface area contributed by atoms with E-state index < -0.39 is 0 Å². The topological polar surface area (TPSA) is 38.3 Å². The number of benzene rings is 3. The molecule has 0 fully saturated rings. The number of nitrogens with two attached hydrogens (primary N) is 1. The molecule has 0 radical (unpaired) electrons. The van der Waals surface area contributed by atoms with Crippen molar-refractivity contribution >= 4 is 23.2 Å². The Morgan fingerprint density at radius 2 is 1.63 bits per heavy atom. The van der Waals surface area contributed by atoms with E-state index in [0.29, 0.717) is 6.61 Å². The maximum Gasteiger partial charge on any atom is 0.210 e. The molecule has 0 bridgehead atoms. The van der Waals surface area contributed by atoms with E-state index in [-0.39, 0.29) is 5.41 Å². The van der Waals surface area contributed by atoms with Crippen molar-refractivity contribution in [2.45, 2.75) is 26.2 Å². The van der Waals surface area contributed by atoms with Gasteiger partial charge >= 0.3 is 0 Å². The molecule has 1 aliphatic rings. The second-order valence-corrected chi connectivity index (χ2v) is 8.23. The van der Waals surface area contributed by atoms with Crippen molar-refractivity contribution in [1.29, 1.82) is 0 Å². The second-order valence-electron chi connectivity index (χ2n) is 8.23. The summed E-state index contributed by atoms with van der Waals surface area (Å²) >= 11 is 0. The Bertz CT molecular complexity index is 1120. The van der Waals surface area contributed by atoms with Crippen molar-refractivity contribution in [1.82, 2.24) is 0 Å². The standard InChI is InChI=1S/C27H28N2O/c1-5-30-22-16-12-20(13-17-22)23-7-6-8-24-26(23)27(2,3)25(29(24)4)18-11-19-9-14-21(28)15-10-19/h6-18,28H,5H2,1-4H3/p+1. The predicted molar refractivity (Wildman–Crippen MR) is 127 cm³/mol. The highest BCUT2D eigenvalue weighted by atomic mass is 16.5. The van der Waals surface area contributed by atoms with Crippen LogP contribution in [-0.4, -0.2) is 23.9 Å². The third-order valence-corrected chi connectivity index (χ3v) is 5.88. The Balaban J connectivity index is 1.74. The largest absolute Gasteiger partial charge is 0.494 e. The molecule has 4 rings (SSSR count). The molecule has 0 saturated heterocycles. The number of fused-ring (bicyclic) bond motifs is 1. The quantitative estimate of drug-likeness (QED) is 0.420. The van der Waals surface area contributed by atoms with E-state index in [9.17, 15) is 0 Å². The summed E-state index contributed by atoms with van der Waals surface area (Å²) in [7, 11) is 2.15. The molecule has 3 nitrogen and oxygen atoms in total. The molecule has 1 aliphatic heterocycles. The van der Waals surface area contributed by atoms with Crippen molar-refractivity contribution < 1.29 is 9.31 Å². The molecule has 152 valence electrons. The summed E-state index contributed by atoms with van der Waals surface area (Å²) in [6.45, 7) is 7.29. The molecule has 0 unspecified atom stereocenters. The van der Waals surface area contributed by atoms with E-state index in [1.807, 2.05) is 31.2 Å². The van der Waals surface area contributed by atoms with Crippen molar-refractivity contribution in [3.05, 3.63) is 83.9 Å². The van der Waals surface area contributed by atoms with Crippen LogP contribution < -0.4 is 10.5 Å². The van der Waals surface area contributed by atoms with Gasteiger partial charge in [0.1, 0.15) is 12.8 Å². The molecule has 3 aromatic carbocycles. The molecule has 0 amide bonds. The lowest BCUT2D eigenvalue weighted by molar-refractivity contribution is -0.401. The smallest absolute Gasteiger partial charge is 0.210 e. The van der Waals surface area contributed by atoms with Crippen molar-refractivity contribution in [2.24, 2.45) is 0 Å². The van der Waals surface area contributed by atoms with Gasteiger partial charge in [-0.3, -0.25) is 0 Å². The Morgan fingerprint density at radius 3 is 2.30 bits per heavy atom. The summed E-state index contributed by atoms with van der Waals surface area (Å²) in [5.41, 5.74) is 14.0. The van der Waals surface area contributed by atoms with Crippen LogP contribution in [0.3, 0.4) is 0 Å². The van der Waals surface area contributed by atoms with Crippen LogP contribution in [0, 0.1) is 0 Å². The zero-order valence-corrected chi connectivity index (χ0v) is 18.1. The minimum atomic E-state index is -0.121. The van der Waals surface area contributed by atoms with Gasteiger partial charge in [0.15, 0.2) is 5.71 Å². The van der Waals surface area contributed by atoms with Crippen molar-refractivity contribution in [3.63, 3.8) is 0 Å². The highest BCUT2D eigenvalue weighted by Gasteiger charge is 2.44. The van der Waals surface area contributed by atoms with E-state index in [1.54, 1.807) is 0 Å². The number of rotatable bonds is 5. The molecule has 0 aliphatic carbocycles. The zero-order chi connectivity index (χ0) is 21.3. The maximum absolute atomic E-state index is 5.82. The van der Waals surface area contributed by atoms with Gasteiger partial charge in [-0.25, -0.2) is 0 Å².